The van der Waals surface area contributed by atoms with Gasteiger partial charge < -0.3 is 20.3 Å². The van der Waals surface area contributed by atoms with Crippen LogP contribution in [0, 0.1) is 0 Å². The lowest BCUT2D eigenvalue weighted by Crippen LogP contribution is -2.54. The van der Waals surface area contributed by atoms with Crippen molar-refractivity contribution in [2.75, 3.05) is 31.6 Å². The zero-order valence-electron chi connectivity index (χ0n) is 33.6. The third-order valence-corrected chi connectivity index (χ3v) is 11.8. The highest BCUT2D eigenvalue weighted by Crippen LogP contribution is 2.34. The van der Waals surface area contributed by atoms with Crippen molar-refractivity contribution in [2.24, 2.45) is 0 Å². The number of rotatable bonds is 19. The van der Waals surface area contributed by atoms with Crippen LogP contribution in [0.5, 0.6) is 5.75 Å². The molecular weight excluding hydrogens is 827 g/mol. The van der Waals surface area contributed by atoms with Crippen LogP contribution in [0.25, 0.3) is 0 Å². The highest BCUT2D eigenvalue weighted by molar-refractivity contribution is 6.40. The Morgan fingerprint density at radius 1 is 0.852 bits per heavy atom. The van der Waals surface area contributed by atoms with Crippen molar-refractivity contribution >= 4 is 64.3 Å². The maximum atomic E-state index is 13.3. The number of ether oxygens (including phenoxy) is 1. The highest BCUT2D eigenvalue weighted by atomic mass is 35.5. The number of aromatic nitrogens is 5. The van der Waals surface area contributed by atoms with Crippen molar-refractivity contribution in [1.82, 2.24) is 45.6 Å². The van der Waals surface area contributed by atoms with Crippen LogP contribution in [0.1, 0.15) is 118 Å². The van der Waals surface area contributed by atoms with Gasteiger partial charge in [0.1, 0.15) is 17.5 Å². The number of halogens is 2. The van der Waals surface area contributed by atoms with Gasteiger partial charge in [-0.3, -0.25) is 48.8 Å². The number of nitrogens with zero attached hydrogens (tertiary/aromatic N) is 6. The van der Waals surface area contributed by atoms with Gasteiger partial charge in [0.05, 0.1) is 50.9 Å². The lowest BCUT2D eigenvalue weighted by Gasteiger charge is -2.32. The number of imide groups is 2. The lowest BCUT2D eigenvalue weighted by atomic mass is 10.0. The fourth-order valence-corrected chi connectivity index (χ4v) is 8.48. The van der Waals surface area contributed by atoms with E-state index in [1.54, 1.807) is 36.4 Å². The molecule has 6 amide bonds. The molecular formula is C42H48Cl2N10O7. The van der Waals surface area contributed by atoms with E-state index in [4.69, 9.17) is 27.9 Å². The summed E-state index contributed by atoms with van der Waals surface area (Å²) in [5.41, 5.74) is 1.88. The molecule has 2 fully saturated rings. The predicted molar refractivity (Wildman–Crippen MR) is 225 cm³/mol. The first-order chi connectivity index (χ1) is 29.6. The van der Waals surface area contributed by atoms with Crippen LogP contribution in [-0.4, -0.2) is 109 Å². The SMILES string of the molecule is O=C1CCC(N2C(=O)c3cccc(OCCCCCCn4cc(CCCCCN5CCC(NC(=O)c6[nH]ncc6NC(=O)c6c(Cl)cccc6Cl)CC5)nn4)c3C2=O)C(=O)N1. The number of benzene rings is 2. The summed E-state index contributed by atoms with van der Waals surface area (Å²) >= 11 is 12.3. The van der Waals surface area contributed by atoms with E-state index in [2.05, 4.69) is 41.4 Å². The summed E-state index contributed by atoms with van der Waals surface area (Å²) in [6.45, 7) is 3.90. The molecule has 1 unspecified atom stereocenters. The Hall–Kier alpha value is -5.65. The van der Waals surface area contributed by atoms with Crippen LogP contribution in [0.4, 0.5) is 5.69 Å². The molecule has 3 aliphatic rings. The number of unbranched alkanes of at least 4 members (excludes halogenated alkanes) is 5. The first kappa shape index (κ1) is 43.4. The van der Waals surface area contributed by atoms with Crippen LogP contribution in [0.2, 0.25) is 10.0 Å². The maximum Gasteiger partial charge on any atom is 0.271 e. The Bertz CT molecular complexity index is 2250. The first-order valence-corrected chi connectivity index (χ1v) is 21.5. The minimum atomic E-state index is -1.02. The van der Waals surface area contributed by atoms with Crippen molar-refractivity contribution in [2.45, 2.75) is 95.7 Å². The van der Waals surface area contributed by atoms with Crippen LogP contribution in [-0.2, 0) is 22.6 Å². The number of likely N-dealkylation sites (tertiary alicyclic amines) is 1. The fraction of sp³-hybridized carbons (Fsp3) is 0.452. The molecule has 5 heterocycles. The number of carbonyl (C=O) groups is 6. The molecule has 0 saturated carbocycles. The number of aromatic amines is 1. The van der Waals surface area contributed by atoms with Gasteiger partial charge in [0.25, 0.3) is 23.6 Å². The number of carbonyl (C=O) groups excluding carboxylic acids is 6. The van der Waals surface area contributed by atoms with Gasteiger partial charge in [-0.15, -0.1) is 5.10 Å². The van der Waals surface area contributed by atoms with Gasteiger partial charge in [0.2, 0.25) is 11.8 Å². The second-order valence-electron chi connectivity index (χ2n) is 15.5. The van der Waals surface area contributed by atoms with Crippen molar-refractivity contribution in [3.63, 3.8) is 0 Å². The van der Waals surface area contributed by atoms with Crippen molar-refractivity contribution in [1.29, 1.82) is 0 Å². The third-order valence-electron chi connectivity index (χ3n) is 11.2. The Balaban J connectivity index is 0.728. The summed E-state index contributed by atoms with van der Waals surface area (Å²) in [7, 11) is 0. The quantitative estimate of drug-likeness (QED) is 0.0709. The number of hydrogen-bond donors (Lipinski definition) is 4. The molecule has 2 aromatic carbocycles. The molecule has 2 saturated heterocycles. The van der Waals surface area contributed by atoms with Crippen LogP contribution in [0.3, 0.4) is 0 Å². The van der Waals surface area contributed by atoms with Crippen LogP contribution >= 0.6 is 23.2 Å². The minimum absolute atomic E-state index is 0.0103. The molecule has 3 aliphatic heterocycles. The Labute approximate surface area is 362 Å². The van der Waals surface area contributed by atoms with E-state index >= 15 is 0 Å². The molecule has 0 spiro atoms. The topological polar surface area (TPSA) is 214 Å². The summed E-state index contributed by atoms with van der Waals surface area (Å²) < 4.78 is 7.83. The van der Waals surface area contributed by atoms with Gasteiger partial charge >= 0.3 is 0 Å². The molecule has 0 aliphatic carbocycles. The number of fused-ring (bicyclic) bond motifs is 1. The van der Waals surface area contributed by atoms with Crippen molar-refractivity contribution < 1.29 is 33.5 Å². The molecule has 4 N–H and O–H groups in total. The predicted octanol–water partition coefficient (Wildman–Crippen LogP) is 5.21. The summed E-state index contributed by atoms with van der Waals surface area (Å²) in [6, 6.07) is 8.65. The van der Waals surface area contributed by atoms with Crippen LogP contribution in [0.15, 0.2) is 48.8 Å². The second-order valence-corrected chi connectivity index (χ2v) is 16.3. The van der Waals surface area contributed by atoms with E-state index in [-0.39, 0.29) is 62.9 Å². The van der Waals surface area contributed by atoms with Gasteiger partial charge in [-0.1, -0.05) is 53.4 Å². The zero-order valence-corrected chi connectivity index (χ0v) is 35.1. The van der Waals surface area contributed by atoms with E-state index in [9.17, 15) is 28.8 Å². The van der Waals surface area contributed by atoms with Crippen molar-refractivity contribution in [3.05, 3.63) is 86.9 Å². The normalized spacial score (nSPS) is 17.1. The Morgan fingerprint density at radius 2 is 1.59 bits per heavy atom. The molecule has 19 heteroatoms. The van der Waals surface area contributed by atoms with E-state index in [1.807, 2.05) is 10.9 Å². The Kier molecular flexibility index (Phi) is 14.4. The molecule has 2 aromatic heterocycles. The standard InChI is InChI=1S/C42H48Cl2N10O7/c43-29-12-9-13-30(44)36(29)39(57)47-31-24-45-50-37(31)40(58)46-26-17-21-52(22-18-26)19-5-3-4-10-27-25-53(51-49-27)20-6-1-2-7-23-61-33-14-8-11-28-35(33)42(60)54(41(28)59)32-15-16-34(55)48-38(32)56/h8-9,11-14,24-26,32H,1-7,10,15-23H2,(H,45,50)(H,46,58)(H,47,57)(H,48,55,56). The number of hydrogen-bond acceptors (Lipinski definition) is 11. The maximum absolute atomic E-state index is 13.3. The lowest BCUT2D eigenvalue weighted by molar-refractivity contribution is -0.136. The third kappa shape index (κ3) is 10.6. The highest BCUT2D eigenvalue weighted by Gasteiger charge is 2.46. The Morgan fingerprint density at radius 3 is 2.38 bits per heavy atom. The number of piperidine rings is 2. The van der Waals surface area contributed by atoms with Gasteiger partial charge in [-0.2, -0.15) is 5.10 Å². The van der Waals surface area contributed by atoms with Gasteiger partial charge in [0.15, 0.2) is 0 Å². The molecule has 0 radical (unpaired) electrons. The van der Waals surface area contributed by atoms with E-state index in [1.165, 1.54) is 6.20 Å². The van der Waals surface area contributed by atoms with Crippen LogP contribution < -0.4 is 20.7 Å². The zero-order chi connectivity index (χ0) is 42.9. The number of nitrogens with one attached hydrogen (secondary N) is 4. The van der Waals surface area contributed by atoms with Gasteiger partial charge in [-0.05, 0) is 88.6 Å². The van der Waals surface area contributed by atoms with Crippen molar-refractivity contribution in [3.8, 4) is 5.75 Å². The molecule has 1 atom stereocenters. The first-order valence-electron chi connectivity index (χ1n) is 20.8. The fourth-order valence-electron chi connectivity index (χ4n) is 7.91. The number of H-pyrrole nitrogens is 1. The van der Waals surface area contributed by atoms with E-state index in [0.717, 1.165) is 101 Å². The molecule has 322 valence electrons. The average Bonchev–Trinajstić information content (AvgIpc) is 3.96. The number of amides is 6. The average molecular weight is 876 g/mol. The molecule has 0 bridgehead atoms. The summed E-state index contributed by atoms with van der Waals surface area (Å²) in [6.07, 6.45) is 12.8. The largest absolute Gasteiger partial charge is 0.493 e. The molecule has 61 heavy (non-hydrogen) atoms. The van der Waals surface area contributed by atoms with E-state index in [0.29, 0.717) is 12.4 Å². The summed E-state index contributed by atoms with van der Waals surface area (Å²) in [5.74, 6) is -2.74. The minimum Gasteiger partial charge on any atom is -0.493 e. The molecule has 7 rings (SSSR count). The number of anilines is 1. The van der Waals surface area contributed by atoms with E-state index < -0.39 is 35.6 Å². The molecule has 4 aromatic rings. The smallest absolute Gasteiger partial charge is 0.271 e. The summed E-state index contributed by atoms with van der Waals surface area (Å²) in [4.78, 5) is 79.5. The molecule has 17 nitrogen and oxygen atoms in total. The summed E-state index contributed by atoms with van der Waals surface area (Å²) in [5, 5.41) is 23.7. The second kappa shape index (κ2) is 20.3. The van der Waals surface area contributed by atoms with Gasteiger partial charge in [-0.25, -0.2) is 0 Å². The monoisotopic (exact) mass is 874 g/mol. The number of aryl methyl sites for hydroxylation is 2. The van der Waals surface area contributed by atoms with Gasteiger partial charge in [0, 0.05) is 38.3 Å².